The maximum atomic E-state index is 5.79. The third-order valence-corrected chi connectivity index (χ3v) is 2.55. The van der Waals surface area contributed by atoms with E-state index in [1.165, 1.54) is 5.39 Å². The second kappa shape index (κ2) is 2.66. The first-order valence-corrected chi connectivity index (χ1v) is 5.05. The second-order valence-corrected chi connectivity index (χ2v) is 4.22. The molecule has 0 saturated carbocycles. The Morgan fingerprint density at radius 2 is 1.73 bits per heavy atom. The molecule has 0 aromatic heterocycles. The number of benzene rings is 2. The van der Waals surface area contributed by atoms with Gasteiger partial charge in [-0.15, -0.1) is 0 Å². The summed E-state index contributed by atoms with van der Waals surface area (Å²) in [5, 5.41) is 2.29. The second-order valence-electron chi connectivity index (χ2n) is 4.22. The zero-order valence-electron chi connectivity index (χ0n) is 8.78. The minimum atomic E-state index is -0.549. The third kappa shape index (κ3) is 1.25. The van der Waals surface area contributed by atoms with E-state index in [1.807, 2.05) is 32.0 Å². The predicted molar refractivity (Wildman–Crippen MR) is 59.3 cm³/mol. The van der Waals surface area contributed by atoms with E-state index in [0.717, 1.165) is 16.9 Å². The van der Waals surface area contributed by atoms with Crippen molar-refractivity contribution in [1.29, 1.82) is 0 Å². The van der Waals surface area contributed by atoms with Crippen LogP contribution in [0.4, 0.5) is 0 Å². The van der Waals surface area contributed by atoms with Crippen LogP contribution in [0, 0.1) is 0 Å². The zero-order chi connectivity index (χ0) is 10.5. The molecule has 1 aliphatic heterocycles. The highest BCUT2D eigenvalue weighted by Gasteiger charge is 2.32. The van der Waals surface area contributed by atoms with E-state index >= 15 is 0 Å². The summed E-state index contributed by atoms with van der Waals surface area (Å²) in [6.45, 7) is 3.84. The molecule has 2 aromatic carbocycles. The molecule has 0 radical (unpaired) electrons. The lowest BCUT2D eigenvalue weighted by Crippen LogP contribution is -2.29. The maximum Gasteiger partial charge on any atom is 0.246 e. The van der Waals surface area contributed by atoms with Gasteiger partial charge in [-0.1, -0.05) is 30.3 Å². The fraction of sp³-hybridized carbons (Fsp3) is 0.231. The molecule has 0 aliphatic carbocycles. The van der Waals surface area contributed by atoms with Crippen LogP contribution >= 0.6 is 0 Å². The van der Waals surface area contributed by atoms with Gasteiger partial charge in [-0.05, 0) is 11.5 Å². The summed E-state index contributed by atoms with van der Waals surface area (Å²) in [4.78, 5) is 0. The van der Waals surface area contributed by atoms with Gasteiger partial charge in [0, 0.05) is 19.2 Å². The largest absolute Gasteiger partial charge is 0.449 e. The molecule has 3 rings (SSSR count). The smallest absolute Gasteiger partial charge is 0.246 e. The summed E-state index contributed by atoms with van der Waals surface area (Å²) in [6.07, 6.45) is 0. The van der Waals surface area contributed by atoms with Gasteiger partial charge in [-0.3, -0.25) is 0 Å². The normalized spacial score (nSPS) is 16.9. The van der Waals surface area contributed by atoms with Crippen LogP contribution in [0.3, 0.4) is 0 Å². The van der Waals surface area contributed by atoms with Crippen LogP contribution in [-0.2, 0) is 0 Å². The van der Waals surface area contributed by atoms with Gasteiger partial charge in [0.15, 0.2) is 11.5 Å². The Bertz CT molecular complexity index is 529. The average Bonchev–Trinajstić information content (AvgIpc) is 2.52. The van der Waals surface area contributed by atoms with Crippen molar-refractivity contribution in [2.75, 3.05) is 0 Å². The lowest BCUT2D eigenvalue weighted by Gasteiger charge is -2.16. The fourth-order valence-corrected chi connectivity index (χ4v) is 1.94. The minimum absolute atomic E-state index is 0.549. The Morgan fingerprint density at radius 3 is 2.60 bits per heavy atom. The number of hydrogen-bond acceptors (Lipinski definition) is 2. The first-order chi connectivity index (χ1) is 7.16. The molecule has 0 saturated heterocycles. The molecule has 2 nitrogen and oxygen atoms in total. The van der Waals surface area contributed by atoms with Gasteiger partial charge < -0.3 is 9.47 Å². The molecule has 0 N–H and O–H groups in total. The number of rotatable bonds is 0. The van der Waals surface area contributed by atoms with E-state index in [2.05, 4.69) is 18.2 Å². The van der Waals surface area contributed by atoms with E-state index in [1.54, 1.807) is 0 Å². The Morgan fingerprint density at radius 1 is 0.933 bits per heavy atom. The lowest BCUT2D eigenvalue weighted by atomic mass is 10.1. The number of fused-ring (bicyclic) bond motifs is 3. The van der Waals surface area contributed by atoms with Gasteiger partial charge in [0.1, 0.15) is 0 Å². The van der Waals surface area contributed by atoms with Crippen molar-refractivity contribution in [3.63, 3.8) is 0 Å². The monoisotopic (exact) mass is 200 g/mol. The van der Waals surface area contributed by atoms with Gasteiger partial charge in [-0.25, -0.2) is 0 Å². The van der Waals surface area contributed by atoms with Gasteiger partial charge in [0.05, 0.1) is 0 Å². The lowest BCUT2D eigenvalue weighted by molar-refractivity contribution is -0.0425. The Balaban J connectivity index is 2.29. The fourth-order valence-electron chi connectivity index (χ4n) is 1.94. The SMILES string of the molecule is CC1(C)Oc2ccc3ccccc3c2O1. The molecule has 0 bridgehead atoms. The standard InChI is InChI=1S/C13H12O2/c1-13(2)14-11-8-7-9-5-3-4-6-10(9)12(11)15-13/h3-8H,1-2H3. The van der Waals surface area contributed by atoms with Crippen molar-refractivity contribution in [2.24, 2.45) is 0 Å². The van der Waals surface area contributed by atoms with E-state index < -0.39 is 5.79 Å². The highest BCUT2D eigenvalue weighted by atomic mass is 16.7. The molecule has 2 aromatic rings. The molecule has 0 spiro atoms. The van der Waals surface area contributed by atoms with Crippen LogP contribution < -0.4 is 9.47 Å². The quantitative estimate of drug-likeness (QED) is 0.649. The summed E-state index contributed by atoms with van der Waals surface area (Å²) in [7, 11) is 0. The van der Waals surface area contributed by atoms with Crippen LogP contribution in [0.15, 0.2) is 36.4 Å². The topological polar surface area (TPSA) is 18.5 Å². The van der Waals surface area contributed by atoms with Crippen molar-refractivity contribution in [2.45, 2.75) is 19.6 Å². The van der Waals surface area contributed by atoms with Gasteiger partial charge in [0.2, 0.25) is 5.79 Å². The van der Waals surface area contributed by atoms with Gasteiger partial charge in [-0.2, -0.15) is 0 Å². The molecule has 0 atom stereocenters. The Hall–Kier alpha value is -1.70. The third-order valence-electron chi connectivity index (χ3n) is 2.55. The molecule has 1 aliphatic rings. The molecule has 76 valence electrons. The maximum absolute atomic E-state index is 5.79. The Labute approximate surface area is 88.4 Å². The first kappa shape index (κ1) is 8.60. The summed E-state index contributed by atoms with van der Waals surface area (Å²) in [5.41, 5.74) is 0. The molecule has 15 heavy (non-hydrogen) atoms. The summed E-state index contributed by atoms with van der Waals surface area (Å²) in [5.74, 6) is 1.14. The van der Waals surface area contributed by atoms with Crippen LogP contribution in [0.5, 0.6) is 11.5 Å². The van der Waals surface area contributed by atoms with Crippen molar-refractivity contribution < 1.29 is 9.47 Å². The number of hydrogen-bond donors (Lipinski definition) is 0. The van der Waals surface area contributed by atoms with Crippen molar-refractivity contribution in [1.82, 2.24) is 0 Å². The first-order valence-electron chi connectivity index (χ1n) is 5.05. The van der Waals surface area contributed by atoms with Crippen LogP contribution in [0.1, 0.15) is 13.8 Å². The summed E-state index contributed by atoms with van der Waals surface area (Å²) < 4.78 is 11.5. The molecule has 0 fully saturated rings. The molecule has 0 unspecified atom stereocenters. The number of ether oxygens (including phenoxy) is 2. The average molecular weight is 200 g/mol. The Kier molecular flexibility index (Phi) is 1.52. The van der Waals surface area contributed by atoms with Crippen molar-refractivity contribution >= 4 is 10.8 Å². The van der Waals surface area contributed by atoms with Crippen LogP contribution in [0.2, 0.25) is 0 Å². The van der Waals surface area contributed by atoms with Gasteiger partial charge in [0.25, 0.3) is 0 Å². The molecular formula is C13H12O2. The molecule has 1 heterocycles. The van der Waals surface area contributed by atoms with E-state index in [-0.39, 0.29) is 0 Å². The highest BCUT2D eigenvalue weighted by Crippen LogP contribution is 2.43. The van der Waals surface area contributed by atoms with E-state index in [4.69, 9.17) is 9.47 Å². The highest BCUT2D eigenvalue weighted by molar-refractivity contribution is 5.91. The zero-order valence-corrected chi connectivity index (χ0v) is 8.78. The van der Waals surface area contributed by atoms with Crippen LogP contribution in [-0.4, -0.2) is 5.79 Å². The predicted octanol–water partition coefficient (Wildman–Crippen LogP) is 3.35. The van der Waals surface area contributed by atoms with E-state index in [0.29, 0.717) is 0 Å². The summed E-state index contributed by atoms with van der Waals surface area (Å²) >= 11 is 0. The molecule has 0 amide bonds. The van der Waals surface area contributed by atoms with E-state index in [9.17, 15) is 0 Å². The van der Waals surface area contributed by atoms with Crippen molar-refractivity contribution in [3.8, 4) is 11.5 Å². The van der Waals surface area contributed by atoms with Gasteiger partial charge >= 0.3 is 0 Å². The molecule has 2 heteroatoms. The molecular weight excluding hydrogens is 188 g/mol. The van der Waals surface area contributed by atoms with Crippen LogP contribution in [0.25, 0.3) is 10.8 Å². The summed E-state index contributed by atoms with van der Waals surface area (Å²) in [6, 6.07) is 12.2. The van der Waals surface area contributed by atoms with Crippen molar-refractivity contribution in [3.05, 3.63) is 36.4 Å². The minimum Gasteiger partial charge on any atom is -0.449 e.